The van der Waals surface area contributed by atoms with Crippen LogP contribution in [0, 0.1) is 0 Å². The second kappa shape index (κ2) is 7.39. The Morgan fingerprint density at radius 3 is 2.67 bits per heavy atom. The van der Waals surface area contributed by atoms with Gasteiger partial charge in [0.25, 0.3) is 0 Å². The van der Waals surface area contributed by atoms with Crippen molar-refractivity contribution in [3.05, 3.63) is 84.3 Å². The van der Waals surface area contributed by atoms with E-state index in [2.05, 4.69) is 15.4 Å². The second-order valence-corrected chi connectivity index (χ2v) is 7.92. The highest BCUT2D eigenvalue weighted by molar-refractivity contribution is 5.92. The third-order valence-electron chi connectivity index (χ3n) is 5.85. The van der Waals surface area contributed by atoms with E-state index in [-0.39, 0.29) is 17.9 Å². The van der Waals surface area contributed by atoms with E-state index in [1.807, 2.05) is 66.9 Å². The highest BCUT2D eigenvalue weighted by Crippen LogP contribution is 2.48. The Labute approximate surface area is 174 Å². The SMILES string of the molecule is O=C(Cc1ccc(-c2ccn3ncnc3c2)cc1)Nc1cccc(C2(CO)CC2)c1. The monoisotopic (exact) mass is 398 g/mol. The maximum Gasteiger partial charge on any atom is 0.228 e. The van der Waals surface area contributed by atoms with Gasteiger partial charge < -0.3 is 10.4 Å². The first-order valence-corrected chi connectivity index (χ1v) is 10.1. The largest absolute Gasteiger partial charge is 0.395 e. The number of hydrogen-bond acceptors (Lipinski definition) is 4. The molecule has 0 radical (unpaired) electrons. The number of carbonyl (C=O) groups is 1. The molecule has 150 valence electrons. The fraction of sp³-hybridized carbons (Fsp3) is 0.208. The van der Waals surface area contributed by atoms with Gasteiger partial charge in [0.1, 0.15) is 6.33 Å². The van der Waals surface area contributed by atoms with E-state index < -0.39 is 0 Å². The number of benzene rings is 2. The van der Waals surface area contributed by atoms with Crippen LogP contribution in [0.15, 0.2) is 73.2 Å². The lowest BCUT2D eigenvalue weighted by Crippen LogP contribution is -2.16. The van der Waals surface area contributed by atoms with Crippen molar-refractivity contribution in [1.29, 1.82) is 0 Å². The minimum Gasteiger partial charge on any atom is -0.395 e. The van der Waals surface area contributed by atoms with Crippen molar-refractivity contribution < 1.29 is 9.90 Å². The van der Waals surface area contributed by atoms with Crippen molar-refractivity contribution in [3.63, 3.8) is 0 Å². The highest BCUT2D eigenvalue weighted by atomic mass is 16.3. The van der Waals surface area contributed by atoms with Crippen LogP contribution in [0.3, 0.4) is 0 Å². The van der Waals surface area contributed by atoms with Crippen LogP contribution in [0.2, 0.25) is 0 Å². The predicted molar refractivity (Wildman–Crippen MR) is 115 cm³/mol. The molecule has 2 N–H and O–H groups in total. The normalized spacial score (nSPS) is 14.6. The van der Waals surface area contributed by atoms with Gasteiger partial charge in [-0.05, 0) is 59.4 Å². The van der Waals surface area contributed by atoms with Crippen molar-refractivity contribution in [2.45, 2.75) is 24.7 Å². The molecule has 0 aliphatic heterocycles. The van der Waals surface area contributed by atoms with Gasteiger partial charge in [0.2, 0.25) is 5.91 Å². The van der Waals surface area contributed by atoms with Crippen molar-refractivity contribution >= 4 is 17.2 Å². The van der Waals surface area contributed by atoms with Gasteiger partial charge in [-0.15, -0.1) is 0 Å². The van der Waals surface area contributed by atoms with E-state index in [0.717, 1.165) is 46.4 Å². The number of nitrogens with one attached hydrogen (secondary N) is 1. The lowest BCUT2D eigenvalue weighted by atomic mass is 9.96. The number of aromatic nitrogens is 3. The first-order chi connectivity index (χ1) is 14.6. The summed E-state index contributed by atoms with van der Waals surface area (Å²) in [5.74, 6) is -0.0568. The molecule has 0 saturated heterocycles. The van der Waals surface area contributed by atoms with E-state index in [9.17, 15) is 9.90 Å². The molecule has 1 fully saturated rings. The minimum atomic E-state index is -0.105. The molecule has 0 bridgehead atoms. The molecule has 30 heavy (non-hydrogen) atoms. The Morgan fingerprint density at radius 1 is 1.07 bits per heavy atom. The number of amides is 1. The average molecular weight is 398 g/mol. The Kier molecular flexibility index (Phi) is 4.56. The Bertz CT molecular complexity index is 1210. The van der Waals surface area contributed by atoms with Gasteiger partial charge in [-0.3, -0.25) is 4.79 Å². The maximum atomic E-state index is 12.5. The average Bonchev–Trinajstić information content (AvgIpc) is 3.44. The predicted octanol–water partition coefficient (Wildman–Crippen LogP) is 3.60. The molecule has 4 aromatic rings. The molecule has 0 unspecified atom stereocenters. The minimum absolute atomic E-state index is 0.0568. The number of pyridine rings is 1. The molecule has 5 rings (SSSR count). The topological polar surface area (TPSA) is 79.5 Å². The molecule has 0 atom stereocenters. The van der Waals surface area contributed by atoms with Gasteiger partial charge >= 0.3 is 0 Å². The van der Waals surface area contributed by atoms with Gasteiger partial charge in [-0.1, -0.05) is 36.4 Å². The molecule has 1 aliphatic carbocycles. The molecular formula is C24H22N4O2. The van der Waals surface area contributed by atoms with Gasteiger partial charge in [-0.2, -0.15) is 5.10 Å². The number of anilines is 1. The standard InChI is InChI=1S/C24H22N4O2/c29-15-24(9-10-24)20-2-1-3-21(14-20)27-23(30)12-17-4-6-18(7-5-17)19-8-11-28-22(13-19)25-16-26-28/h1-8,11,13-14,16,29H,9-10,12,15H2,(H,27,30). The first-order valence-electron chi connectivity index (χ1n) is 10.1. The fourth-order valence-electron chi connectivity index (χ4n) is 3.82. The summed E-state index contributed by atoms with van der Waals surface area (Å²) in [6, 6.07) is 19.8. The zero-order valence-electron chi connectivity index (χ0n) is 16.5. The molecule has 2 aromatic heterocycles. The Balaban J connectivity index is 1.26. The summed E-state index contributed by atoms with van der Waals surface area (Å²) in [4.78, 5) is 16.7. The molecule has 1 amide bonds. The smallest absolute Gasteiger partial charge is 0.228 e. The summed E-state index contributed by atoms with van der Waals surface area (Å²) in [7, 11) is 0. The van der Waals surface area contributed by atoms with Gasteiger partial charge in [0.05, 0.1) is 13.0 Å². The summed E-state index contributed by atoms with van der Waals surface area (Å²) < 4.78 is 1.73. The number of rotatable bonds is 6. The number of hydrogen-bond donors (Lipinski definition) is 2. The van der Waals surface area contributed by atoms with Crippen LogP contribution in [0.25, 0.3) is 16.8 Å². The van der Waals surface area contributed by atoms with Crippen molar-refractivity contribution in [1.82, 2.24) is 14.6 Å². The number of fused-ring (bicyclic) bond motifs is 1. The lowest BCUT2D eigenvalue weighted by Gasteiger charge is -2.14. The van der Waals surface area contributed by atoms with Crippen LogP contribution >= 0.6 is 0 Å². The number of aliphatic hydroxyl groups is 1. The number of aliphatic hydroxyl groups excluding tert-OH is 1. The molecular weight excluding hydrogens is 376 g/mol. The first kappa shape index (κ1) is 18.5. The molecule has 6 heteroatoms. The van der Waals surface area contributed by atoms with Crippen LogP contribution in [-0.4, -0.2) is 32.2 Å². The molecule has 1 aliphatic rings. The van der Waals surface area contributed by atoms with E-state index in [1.54, 1.807) is 4.52 Å². The van der Waals surface area contributed by atoms with E-state index in [1.165, 1.54) is 6.33 Å². The van der Waals surface area contributed by atoms with E-state index in [4.69, 9.17) is 0 Å². The number of nitrogens with zero attached hydrogens (tertiary/aromatic N) is 3. The van der Waals surface area contributed by atoms with Crippen LogP contribution in [0.4, 0.5) is 5.69 Å². The maximum absolute atomic E-state index is 12.5. The van der Waals surface area contributed by atoms with E-state index in [0.29, 0.717) is 6.42 Å². The van der Waals surface area contributed by atoms with Gasteiger partial charge in [0.15, 0.2) is 5.65 Å². The summed E-state index contributed by atoms with van der Waals surface area (Å²) in [6.07, 6.45) is 5.72. The number of carbonyl (C=O) groups excluding carboxylic acids is 1. The zero-order valence-corrected chi connectivity index (χ0v) is 16.5. The second-order valence-electron chi connectivity index (χ2n) is 7.92. The molecule has 0 spiro atoms. The third-order valence-corrected chi connectivity index (χ3v) is 5.85. The third kappa shape index (κ3) is 3.57. The van der Waals surface area contributed by atoms with Gasteiger partial charge in [0, 0.05) is 17.3 Å². The zero-order chi connectivity index (χ0) is 20.6. The summed E-state index contributed by atoms with van der Waals surface area (Å²) in [5, 5.41) is 16.7. The summed E-state index contributed by atoms with van der Waals surface area (Å²) in [5.41, 5.74) is 5.63. The van der Waals surface area contributed by atoms with Crippen LogP contribution in [0.5, 0.6) is 0 Å². The van der Waals surface area contributed by atoms with Crippen LogP contribution in [0.1, 0.15) is 24.0 Å². The molecule has 6 nitrogen and oxygen atoms in total. The summed E-state index contributed by atoms with van der Waals surface area (Å²) in [6.45, 7) is 0.154. The summed E-state index contributed by atoms with van der Waals surface area (Å²) >= 11 is 0. The van der Waals surface area contributed by atoms with E-state index >= 15 is 0 Å². The lowest BCUT2D eigenvalue weighted by molar-refractivity contribution is -0.115. The molecule has 1 saturated carbocycles. The van der Waals surface area contributed by atoms with Gasteiger partial charge in [-0.25, -0.2) is 9.50 Å². The highest BCUT2D eigenvalue weighted by Gasteiger charge is 2.43. The molecule has 2 heterocycles. The fourth-order valence-corrected chi connectivity index (χ4v) is 3.82. The van der Waals surface area contributed by atoms with Crippen molar-refractivity contribution in [3.8, 4) is 11.1 Å². The molecule has 2 aromatic carbocycles. The quantitative estimate of drug-likeness (QED) is 0.520. The van der Waals surface area contributed by atoms with Crippen molar-refractivity contribution in [2.75, 3.05) is 11.9 Å². The van der Waals surface area contributed by atoms with Crippen LogP contribution in [-0.2, 0) is 16.6 Å². The van der Waals surface area contributed by atoms with Crippen LogP contribution < -0.4 is 5.32 Å². The Morgan fingerprint density at radius 2 is 1.90 bits per heavy atom. The van der Waals surface area contributed by atoms with Crippen molar-refractivity contribution in [2.24, 2.45) is 0 Å². The Hall–Kier alpha value is -3.51.